The second-order valence-electron chi connectivity index (χ2n) is 5.82. The maximum absolute atomic E-state index is 12.0. The number of thioether (sulfide) groups is 1. The zero-order valence-corrected chi connectivity index (χ0v) is 16.4. The van der Waals surface area contributed by atoms with Gasteiger partial charge in [0.25, 0.3) is 5.91 Å². The molecular weight excluding hydrogens is 386 g/mol. The number of aromatic nitrogens is 2. The van der Waals surface area contributed by atoms with Crippen LogP contribution in [0.25, 0.3) is 16.8 Å². The molecule has 0 aliphatic rings. The van der Waals surface area contributed by atoms with Crippen molar-refractivity contribution >= 4 is 39.2 Å². The number of primary amides is 1. The number of hydrogen-bond acceptors (Lipinski definition) is 3. The summed E-state index contributed by atoms with van der Waals surface area (Å²) in [7, 11) is 0. The number of amides is 1. The lowest BCUT2D eigenvalue weighted by Crippen LogP contribution is -2.14. The predicted octanol–water partition coefficient (Wildman–Crippen LogP) is 4.51. The number of carbonyl (C=O) groups is 1. The molecule has 124 valence electrons. The van der Waals surface area contributed by atoms with Gasteiger partial charge in [0, 0.05) is 15.7 Å². The highest BCUT2D eigenvalue weighted by atomic mass is 79.9. The molecule has 4 nitrogen and oxygen atoms in total. The lowest BCUT2D eigenvalue weighted by molar-refractivity contribution is 0.0994. The third kappa shape index (κ3) is 2.74. The number of rotatable bonds is 3. The molecule has 2 N–H and O–H groups in total. The van der Waals surface area contributed by atoms with Gasteiger partial charge in [-0.15, -0.1) is 11.8 Å². The maximum atomic E-state index is 12.0. The molecule has 3 rings (SSSR count). The van der Waals surface area contributed by atoms with Gasteiger partial charge in [0.1, 0.15) is 11.3 Å². The Hall–Kier alpha value is -1.79. The van der Waals surface area contributed by atoms with Gasteiger partial charge in [0.05, 0.1) is 5.03 Å². The second-order valence-corrected chi connectivity index (χ2v) is 7.56. The third-order valence-electron chi connectivity index (χ3n) is 4.04. The first kappa shape index (κ1) is 17.0. The van der Waals surface area contributed by atoms with Crippen LogP contribution in [0.1, 0.15) is 27.3 Å². The lowest BCUT2D eigenvalue weighted by Gasteiger charge is -2.11. The van der Waals surface area contributed by atoms with E-state index in [4.69, 9.17) is 10.7 Å². The van der Waals surface area contributed by atoms with Crippen molar-refractivity contribution in [3.05, 3.63) is 51.3 Å². The molecular formula is C18H18BrN3OS. The Morgan fingerprint density at radius 1 is 1.17 bits per heavy atom. The largest absolute Gasteiger partial charge is 0.364 e. The Labute approximate surface area is 153 Å². The maximum Gasteiger partial charge on any atom is 0.265 e. The number of halogens is 1. The van der Waals surface area contributed by atoms with Crippen LogP contribution in [0, 0.1) is 20.8 Å². The first-order chi connectivity index (χ1) is 11.3. The van der Waals surface area contributed by atoms with Crippen LogP contribution in [0.4, 0.5) is 0 Å². The molecule has 0 fully saturated rings. The summed E-state index contributed by atoms with van der Waals surface area (Å²) in [5.41, 5.74) is 12.0. The van der Waals surface area contributed by atoms with Crippen LogP contribution in [0.15, 0.2) is 33.8 Å². The number of fused-ring (bicyclic) bond motifs is 1. The van der Waals surface area contributed by atoms with Crippen molar-refractivity contribution in [3.8, 4) is 11.1 Å². The van der Waals surface area contributed by atoms with Crippen LogP contribution in [0.5, 0.6) is 0 Å². The van der Waals surface area contributed by atoms with Gasteiger partial charge >= 0.3 is 0 Å². The zero-order chi connectivity index (χ0) is 17.6. The summed E-state index contributed by atoms with van der Waals surface area (Å²) in [4.78, 5) is 16.7. The highest BCUT2D eigenvalue weighted by Gasteiger charge is 2.20. The average molecular weight is 404 g/mol. The van der Waals surface area contributed by atoms with E-state index in [1.165, 1.54) is 0 Å². The monoisotopic (exact) mass is 403 g/mol. The number of nitrogens with zero attached hydrogens (tertiary/aromatic N) is 2. The van der Waals surface area contributed by atoms with E-state index >= 15 is 0 Å². The summed E-state index contributed by atoms with van der Waals surface area (Å²) in [6.45, 7) is 6.08. The normalized spacial score (nSPS) is 11.2. The highest BCUT2D eigenvalue weighted by Crippen LogP contribution is 2.36. The number of carbonyl (C=O) groups excluding carboxylic acids is 1. The number of aryl methyl sites for hydroxylation is 3. The van der Waals surface area contributed by atoms with Crippen LogP contribution in [0.2, 0.25) is 0 Å². The van der Waals surface area contributed by atoms with Crippen LogP contribution in [-0.2, 0) is 0 Å². The van der Waals surface area contributed by atoms with Crippen molar-refractivity contribution in [3.63, 3.8) is 0 Å². The summed E-state index contributed by atoms with van der Waals surface area (Å²) in [5, 5.41) is 0.949. The summed E-state index contributed by atoms with van der Waals surface area (Å²) >= 11 is 5.11. The van der Waals surface area contributed by atoms with Gasteiger partial charge in [-0.3, -0.25) is 9.20 Å². The number of hydrogen-bond donors (Lipinski definition) is 1. The van der Waals surface area contributed by atoms with Gasteiger partial charge in [0.15, 0.2) is 0 Å². The van der Waals surface area contributed by atoms with Gasteiger partial charge in [-0.25, -0.2) is 4.98 Å². The van der Waals surface area contributed by atoms with Crippen LogP contribution in [-0.4, -0.2) is 21.5 Å². The molecule has 3 aromatic rings. The molecule has 2 aromatic heterocycles. The zero-order valence-electron chi connectivity index (χ0n) is 14.0. The van der Waals surface area contributed by atoms with E-state index in [0.29, 0.717) is 5.69 Å². The molecule has 0 atom stereocenters. The van der Waals surface area contributed by atoms with Crippen molar-refractivity contribution in [2.45, 2.75) is 25.8 Å². The van der Waals surface area contributed by atoms with Gasteiger partial charge < -0.3 is 5.73 Å². The predicted molar refractivity (Wildman–Crippen MR) is 103 cm³/mol. The van der Waals surface area contributed by atoms with E-state index in [2.05, 4.69) is 41.9 Å². The Morgan fingerprint density at radius 2 is 1.79 bits per heavy atom. The fourth-order valence-corrected chi connectivity index (χ4v) is 4.47. The minimum absolute atomic E-state index is 0.454. The molecule has 0 aliphatic carbocycles. The van der Waals surface area contributed by atoms with E-state index in [9.17, 15) is 4.79 Å². The fourth-order valence-electron chi connectivity index (χ4n) is 3.13. The molecule has 0 unspecified atom stereocenters. The smallest absolute Gasteiger partial charge is 0.265 e. The summed E-state index contributed by atoms with van der Waals surface area (Å²) in [5.74, 6) is -0.454. The molecule has 2 heterocycles. The summed E-state index contributed by atoms with van der Waals surface area (Å²) < 4.78 is 2.89. The standard InChI is InChI=1S/C18H18BrN3OS/c1-9-5-12(19)6-10(2)16(9)13-8-14(17(20)23)22-15(24-4)7-11(3)21-18(13)22/h5-8H,1-4H3,(H2,20,23). The molecule has 0 spiro atoms. The average Bonchev–Trinajstić information content (AvgIpc) is 2.85. The van der Waals surface area contributed by atoms with E-state index < -0.39 is 5.91 Å². The molecule has 24 heavy (non-hydrogen) atoms. The molecule has 1 aromatic carbocycles. The number of benzene rings is 1. The van der Waals surface area contributed by atoms with E-state index in [1.807, 2.05) is 29.7 Å². The van der Waals surface area contributed by atoms with Crippen molar-refractivity contribution in [2.75, 3.05) is 6.26 Å². The minimum Gasteiger partial charge on any atom is -0.364 e. The van der Waals surface area contributed by atoms with Gasteiger partial charge in [-0.1, -0.05) is 15.9 Å². The molecule has 0 radical (unpaired) electrons. The van der Waals surface area contributed by atoms with E-state index in [1.54, 1.807) is 11.8 Å². The van der Waals surface area contributed by atoms with Crippen molar-refractivity contribution < 1.29 is 4.79 Å². The molecule has 0 aliphatic heterocycles. The molecule has 0 bridgehead atoms. The van der Waals surface area contributed by atoms with Crippen molar-refractivity contribution in [1.29, 1.82) is 0 Å². The van der Waals surface area contributed by atoms with Crippen molar-refractivity contribution in [2.24, 2.45) is 5.73 Å². The van der Waals surface area contributed by atoms with Crippen LogP contribution < -0.4 is 5.73 Å². The first-order valence-corrected chi connectivity index (χ1v) is 9.49. The summed E-state index contributed by atoms with van der Waals surface area (Å²) in [6.07, 6.45) is 1.98. The Balaban J connectivity index is 2.47. The Kier molecular flexibility index (Phi) is 4.44. The fraction of sp³-hybridized carbons (Fsp3) is 0.222. The highest BCUT2D eigenvalue weighted by molar-refractivity contribution is 9.10. The molecule has 6 heteroatoms. The lowest BCUT2D eigenvalue weighted by atomic mass is 9.97. The summed E-state index contributed by atoms with van der Waals surface area (Å²) in [6, 6.07) is 7.96. The SMILES string of the molecule is CSc1cc(C)nc2c(-c3c(C)cc(Br)cc3C)cc(C(N)=O)n12. The topological polar surface area (TPSA) is 60.4 Å². The second kappa shape index (κ2) is 6.26. The Bertz CT molecular complexity index is 955. The first-order valence-electron chi connectivity index (χ1n) is 7.47. The molecule has 1 amide bonds. The van der Waals surface area contributed by atoms with Crippen LogP contribution >= 0.6 is 27.7 Å². The number of nitrogens with two attached hydrogens (primary N) is 1. The van der Waals surface area contributed by atoms with Gasteiger partial charge in [-0.05, 0) is 68.0 Å². The quantitative estimate of drug-likeness (QED) is 0.516. The minimum atomic E-state index is -0.454. The third-order valence-corrected chi connectivity index (χ3v) is 5.21. The van der Waals surface area contributed by atoms with Crippen LogP contribution in [0.3, 0.4) is 0 Å². The van der Waals surface area contributed by atoms with Gasteiger partial charge in [-0.2, -0.15) is 0 Å². The van der Waals surface area contributed by atoms with E-state index in [-0.39, 0.29) is 0 Å². The molecule has 0 saturated carbocycles. The van der Waals surface area contributed by atoms with E-state index in [0.717, 1.165) is 43.1 Å². The Morgan fingerprint density at radius 3 is 2.33 bits per heavy atom. The van der Waals surface area contributed by atoms with Crippen molar-refractivity contribution in [1.82, 2.24) is 9.38 Å². The molecule has 0 saturated heterocycles. The van der Waals surface area contributed by atoms with Gasteiger partial charge in [0.2, 0.25) is 0 Å².